The normalized spacial score (nSPS) is 12.4. The summed E-state index contributed by atoms with van der Waals surface area (Å²) in [5.74, 6) is 0.425. The number of esters is 1. The summed E-state index contributed by atoms with van der Waals surface area (Å²) in [7, 11) is 1.33. The number of ether oxygens (including phenoxy) is 1. The molecule has 4 nitrogen and oxygen atoms in total. The molecule has 7 heteroatoms. The molecule has 108 valence electrons. The zero-order valence-corrected chi connectivity index (χ0v) is 14.9. The molecule has 2 rings (SSSR count). The summed E-state index contributed by atoms with van der Waals surface area (Å²) < 4.78 is 12.3. The van der Waals surface area contributed by atoms with Crippen molar-refractivity contribution in [2.24, 2.45) is 0 Å². The van der Waals surface area contributed by atoms with Crippen LogP contribution in [0.5, 0.6) is 0 Å². The lowest BCUT2D eigenvalue weighted by atomic mass is 10.2. The topological polar surface area (TPSA) is 51.5 Å². The van der Waals surface area contributed by atoms with E-state index in [1.165, 1.54) is 7.11 Å². The number of carbonyl (C=O) groups is 1. The number of rotatable bonds is 5. The van der Waals surface area contributed by atoms with Crippen molar-refractivity contribution in [2.45, 2.75) is 13.0 Å². The third kappa shape index (κ3) is 3.33. The van der Waals surface area contributed by atoms with Gasteiger partial charge in [0, 0.05) is 9.35 Å². The first-order valence-electron chi connectivity index (χ1n) is 5.93. The van der Waals surface area contributed by atoms with Crippen LogP contribution in [-0.4, -0.2) is 19.6 Å². The number of carbonyl (C=O) groups excluding carboxylic acids is 1. The van der Waals surface area contributed by atoms with Gasteiger partial charge in [0.1, 0.15) is 11.8 Å². The lowest BCUT2D eigenvalue weighted by molar-refractivity contribution is 0.0562. The lowest BCUT2D eigenvalue weighted by Gasteiger charge is -2.13. The fourth-order valence-corrected chi connectivity index (χ4v) is 3.94. The fraction of sp³-hybridized carbons (Fsp3) is 0.308. The van der Waals surface area contributed by atoms with Gasteiger partial charge in [-0.2, -0.15) is 0 Å². The smallest absolute Gasteiger partial charge is 0.373 e. The van der Waals surface area contributed by atoms with Gasteiger partial charge in [0.2, 0.25) is 5.76 Å². The van der Waals surface area contributed by atoms with E-state index >= 15 is 0 Å². The van der Waals surface area contributed by atoms with E-state index in [1.807, 2.05) is 13.0 Å². The maximum Gasteiger partial charge on any atom is 0.373 e. The molecule has 0 spiro atoms. The van der Waals surface area contributed by atoms with E-state index in [-0.39, 0.29) is 11.8 Å². The van der Waals surface area contributed by atoms with Crippen LogP contribution in [0.25, 0.3) is 0 Å². The van der Waals surface area contributed by atoms with Gasteiger partial charge in [-0.05, 0) is 56.6 Å². The summed E-state index contributed by atoms with van der Waals surface area (Å²) in [6.45, 7) is 2.81. The average molecular weight is 423 g/mol. The van der Waals surface area contributed by atoms with Gasteiger partial charge in [-0.3, -0.25) is 0 Å². The number of nitrogens with one attached hydrogen (secondary N) is 1. The molecular weight excluding hydrogens is 410 g/mol. The largest absolute Gasteiger partial charge is 0.463 e. The molecule has 0 saturated carbocycles. The highest BCUT2D eigenvalue weighted by molar-refractivity contribution is 9.13. The maximum atomic E-state index is 11.5. The van der Waals surface area contributed by atoms with Crippen molar-refractivity contribution in [3.05, 3.63) is 42.9 Å². The Labute approximate surface area is 137 Å². The van der Waals surface area contributed by atoms with Crippen LogP contribution in [0.1, 0.15) is 34.2 Å². The standard InChI is InChI=1S/C13H13Br2NO3S/c1-3-16-11(10-6-7(14)12(15)20-10)8-4-5-9(19-8)13(17)18-2/h4-6,11,16H,3H2,1-2H3. The third-order valence-corrected chi connectivity index (χ3v) is 5.98. The minimum absolute atomic E-state index is 0.0917. The van der Waals surface area contributed by atoms with Gasteiger partial charge in [0.25, 0.3) is 0 Å². The highest BCUT2D eigenvalue weighted by Crippen LogP contribution is 2.38. The molecule has 0 bridgehead atoms. The molecule has 1 N–H and O–H groups in total. The predicted molar refractivity (Wildman–Crippen MR) is 85.3 cm³/mol. The SMILES string of the molecule is CCNC(c1ccc(C(=O)OC)o1)c1cc(Br)c(Br)s1. The zero-order chi connectivity index (χ0) is 14.7. The minimum Gasteiger partial charge on any atom is -0.463 e. The van der Waals surface area contributed by atoms with E-state index in [0.29, 0.717) is 5.76 Å². The number of hydrogen-bond donors (Lipinski definition) is 1. The molecule has 0 aliphatic carbocycles. The van der Waals surface area contributed by atoms with Crippen LogP contribution >= 0.6 is 43.2 Å². The monoisotopic (exact) mass is 421 g/mol. The Kier molecular flexibility index (Phi) is 5.42. The van der Waals surface area contributed by atoms with Gasteiger partial charge in [-0.15, -0.1) is 11.3 Å². The van der Waals surface area contributed by atoms with E-state index in [0.717, 1.165) is 19.7 Å². The molecule has 20 heavy (non-hydrogen) atoms. The number of halogens is 2. The van der Waals surface area contributed by atoms with Crippen molar-refractivity contribution in [3.8, 4) is 0 Å². The number of furan rings is 1. The van der Waals surface area contributed by atoms with Crippen molar-refractivity contribution >= 4 is 49.2 Å². The number of hydrogen-bond acceptors (Lipinski definition) is 5. The predicted octanol–water partition coefficient (Wildman–Crippen LogP) is 4.35. The first-order valence-corrected chi connectivity index (χ1v) is 8.33. The van der Waals surface area contributed by atoms with Crippen LogP contribution in [0.3, 0.4) is 0 Å². The summed E-state index contributed by atoms with van der Waals surface area (Å²) >= 11 is 8.58. The van der Waals surface area contributed by atoms with Gasteiger partial charge in [-0.1, -0.05) is 6.92 Å². The van der Waals surface area contributed by atoms with Crippen LogP contribution in [0.4, 0.5) is 0 Å². The van der Waals surface area contributed by atoms with Crippen molar-refractivity contribution in [2.75, 3.05) is 13.7 Å². The van der Waals surface area contributed by atoms with Gasteiger partial charge in [0.05, 0.1) is 10.9 Å². The molecule has 0 saturated heterocycles. The molecule has 2 aromatic rings. The second kappa shape index (κ2) is 6.89. The molecule has 0 fully saturated rings. The lowest BCUT2D eigenvalue weighted by Crippen LogP contribution is -2.20. The van der Waals surface area contributed by atoms with Crippen LogP contribution in [0, 0.1) is 0 Å². The molecule has 2 aromatic heterocycles. The quantitative estimate of drug-likeness (QED) is 0.727. The van der Waals surface area contributed by atoms with Crippen LogP contribution in [0.15, 0.2) is 30.9 Å². The second-order valence-corrected chi connectivity index (χ2v) is 7.21. The molecule has 0 aliphatic heterocycles. The van der Waals surface area contributed by atoms with Crippen molar-refractivity contribution in [3.63, 3.8) is 0 Å². The van der Waals surface area contributed by atoms with Crippen molar-refractivity contribution < 1.29 is 13.9 Å². The van der Waals surface area contributed by atoms with Crippen LogP contribution in [0.2, 0.25) is 0 Å². The zero-order valence-electron chi connectivity index (χ0n) is 10.9. The molecular formula is C13H13Br2NO3S. The average Bonchev–Trinajstić information content (AvgIpc) is 3.03. The second-order valence-electron chi connectivity index (χ2n) is 3.95. The number of thiophene rings is 1. The summed E-state index contributed by atoms with van der Waals surface area (Å²) in [5.41, 5.74) is 0. The Hall–Kier alpha value is -0.630. The van der Waals surface area contributed by atoms with Crippen LogP contribution < -0.4 is 5.32 Å². The Morgan fingerprint density at radius 1 is 1.50 bits per heavy atom. The van der Waals surface area contributed by atoms with E-state index in [2.05, 4.69) is 41.9 Å². The Bertz CT molecular complexity index is 589. The maximum absolute atomic E-state index is 11.5. The van der Waals surface area contributed by atoms with Gasteiger partial charge in [-0.25, -0.2) is 4.79 Å². The van der Waals surface area contributed by atoms with Crippen molar-refractivity contribution in [1.29, 1.82) is 0 Å². The van der Waals surface area contributed by atoms with Gasteiger partial charge in [0.15, 0.2) is 0 Å². The van der Waals surface area contributed by atoms with E-state index in [9.17, 15) is 4.79 Å². The Morgan fingerprint density at radius 3 is 2.80 bits per heavy atom. The fourth-order valence-electron chi connectivity index (χ4n) is 1.77. The van der Waals surface area contributed by atoms with E-state index < -0.39 is 5.97 Å². The van der Waals surface area contributed by atoms with Crippen LogP contribution in [-0.2, 0) is 4.74 Å². The molecule has 2 heterocycles. The number of methoxy groups -OCH3 is 1. The Morgan fingerprint density at radius 2 is 2.25 bits per heavy atom. The summed E-state index contributed by atoms with van der Waals surface area (Å²) in [4.78, 5) is 12.5. The third-order valence-electron chi connectivity index (χ3n) is 2.65. The van der Waals surface area contributed by atoms with Crippen molar-refractivity contribution in [1.82, 2.24) is 5.32 Å². The molecule has 0 aliphatic rings. The molecule has 1 unspecified atom stereocenters. The van der Waals surface area contributed by atoms with Gasteiger partial charge >= 0.3 is 5.97 Å². The molecule has 0 aromatic carbocycles. The first kappa shape index (κ1) is 15.8. The minimum atomic E-state index is -0.472. The van der Waals surface area contributed by atoms with Gasteiger partial charge < -0.3 is 14.5 Å². The first-order chi connectivity index (χ1) is 9.56. The summed E-state index contributed by atoms with van der Waals surface area (Å²) in [5, 5.41) is 3.35. The molecule has 1 atom stereocenters. The van der Waals surface area contributed by atoms with E-state index in [1.54, 1.807) is 23.5 Å². The van der Waals surface area contributed by atoms with E-state index in [4.69, 9.17) is 4.42 Å². The molecule has 0 radical (unpaired) electrons. The summed E-state index contributed by atoms with van der Waals surface area (Å²) in [6, 6.07) is 5.36. The Balaban J connectivity index is 2.33. The highest BCUT2D eigenvalue weighted by Gasteiger charge is 2.22. The highest BCUT2D eigenvalue weighted by atomic mass is 79.9. The summed E-state index contributed by atoms with van der Waals surface area (Å²) in [6.07, 6.45) is 0. The molecule has 0 amide bonds.